The van der Waals surface area contributed by atoms with Gasteiger partial charge in [0.05, 0.1) is 14.2 Å². The number of anilines is 2. The second-order valence-corrected chi connectivity index (χ2v) is 6.54. The molecule has 150 valence electrons. The van der Waals surface area contributed by atoms with Crippen molar-refractivity contribution < 1.29 is 14.3 Å². The number of piperazine rings is 1. The number of ether oxygens (including phenoxy) is 2. The molecule has 1 aromatic heterocycles. The fourth-order valence-corrected chi connectivity index (χ4v) is 3.28. The molecule has 0 radical (unpaired) electrons. The molecule has 1 fully saturated rings. The van der Waals surface area contributed by atoms with Crippen molar-refractivity contribution in [1.82, 2.24) is 14.9 Å². The van der Waals surface area contributed by atoms with Crippen LogP contribution >= 0.6 is 0 Å². The molecule has 2 aromatic rings. The fraction of sp³-hybridized carbons (Fsp3) is 0.450. The summed E-state index contributed by atoms with van der Waals surface area (Å²) in [6.45, 7) is 7.45. The van der Waals surface area contributed by atoms with Crippen molar-refractivity contribution in [2.24, 2.45) is 0 Å². The van der Waals surface area contributed by atoms with Crippen molar-refractivity contribution in [3.8, 4) is 11.5 Å². The lowest BCUT2D eigenvalue weighted by molar-refractivity contribution is 0.0746. The van der Waals surface area contributed by atoms with E-state index in [9.17, 15) is 4.79 Å². The number of nitrogens with zero attached hydrogens (tertiary/aromatic N) is 4. The number of aromatic nitrogens is 2. The average molecular weight is 385 g/mol. The Kier molecular flexibility index (Phi) is 6.18. The Bertz CT molecular complexity index is 835. The largest absolute Gasteiger partial charge is 0.493 e. The van der Waals surface area contributed by atoms with E-state index < -0.39 is 0 Å². The molecular formula is C20H27N5O3. The molecular weight excluding hydrogens is 358 g/mol. The summed E-state index contributed by atoms with van der Waals surface area (Å²) < 4.78 is 10.5. The first kappa shape index (κ1) is 19.7. The lowest BCUT2D eigenvalue weighted by Crippen LogP contribution is -2.49. The Morgan fingerprint density at radius 1 is 1.07 bits per heavy atom. The third-order valence-electron chi connectivity index (χ3n) is 4.70. The highest BCUT2D eigenvalue weighted by Gasteiger charge is 2.24. The zero-order valence-electron chi connectivity index (χ0n) is 16.9. The van der Waals surface area contributed by atoms with Gasteiger partial charge >= 0.3 is 0 Å². The van der Waals surface area contributed by atoms with Gasteiger partial charge in [0.15, 0.2) is 11.5 Å². The summed E-state index contributed by atoms with van der Waals surface area (Å²) in [5.41, 5.74) is 0.596. The Labute approximate surface area is 165 Å². The number of rotatable bonds is 6. The highest BCUT2D eigenvalue weighted by Crippen LogP contribution is 2.28. The van der Waals surface area contributed by atoms with E-state index in [0.29, 0.717) is 30.2 Å². The minimum atomic E-state index is -0.00666. The van der Waals surface area contributed by atoms with Crippen molar-refractivity contribution in [2.75, 3.05) is 57.2 Å². The van der Waals surface area contributed by atoms with Crippen LogP contribution in [0.1, 0.15) is 23.1 Å². The van der Waals surface area contributed by atoms with Gasteiger partial charge in [-0.1, -0.05) is 0 Å². The molecule has 1 amide bonds. The summed E-state index contributed by atoms with van der Waals surface area (Å²) in [5, 5.41) is 3.23. The number of carbonyl (C=O) groups is 1. The van der Waals surface area contributed by atoms with Crippen molar-refractivity contribution in [3.63, 3.8) is 0 Å². The normalized spacial score (nSPS) is 14.0. The maximum atomic E-state index is 12.9. The molecule has 3 rings (SSSR count). The molecule has 0 bridgehead atoms. The first-order valence-corrected chi connectivity index (χ1v) is 9.41. The van der Waals surface area contributed by atoms with Crippen LogP contribution in [0, 0.1) is 6.92 Å². The monoisotopic (exact) mass is 385 g/mol. The maximum absolute atomic E-state index is 12.9. The second kappa shape index (κ2) is 8.77. The number of nitrogens with one attached hydrogen (secondary N) is 1. The van der Waals surface area contributed by atoms with Crippen LogP contribution in [0.25, 0.3) is 0 Å². The molecule has 8 nitrogen and oxygen atoms in total. The number of hydrogen-bond donors (Lipinski definition) is 1. The van der Waals surface area contributed by atoms with Crippen LogP contribution in [0.5, 0.6) is 11.5 Å². The van der Waals surface area contributed by atoms with E-state index in [-0.39, 0.29) is 5.91 Å². The summed E-state index contributed by atoms with van der Waals surface area (Å²) in [6.07, 6.45) is 0. The van der Waals surface area contributed by atoms with E-state index in [1.165, 1.54) is 0 Å². The molecule has 1 aliphatic rings. The van der Waals surface area contributed by atoms with E-state index in [4.69, 9.17) is 9.47 Å². The number of hydrogen-bond acceptors (Lipinski definition) is 7. The lowest BCUT2D eigenvalue weighted by Gasteiger charge is -2.35. The number of aryl methyl sites for hydroxylation is 1. The van der Waals surface area contributed by atoms with Crippen LogP contribution in [0.15, 0.2) is 24.3 Å². The van der Waals surface area contributed by atoms with Crippen LogP contribution < -0.4 is 19.7 Å². The number of benzene rings is 1. The van der Waals surface area contributed by atoms with Gasteiger partial charge in [0.1, 0.15) is 17.5 Å². The summed E-state index contributed by atoms with van der Waals surface area (Å²) in [6, 6.07) is 7.22. The van der Waals surface area contributed by atoms with Gasteiger partial charge in [-0.2, -0.15) is 0 Å². The molecule has 1 N–H and O–H groups in total. The standard InChI is InChI=1S/C20H27N5O3/c1-5-21-18-13-19(23-14(2)22-18)24-8-10-25(11-9-24)20(26)15-6-7-16(27-3)17(12-15)28-4/h6-7,12-13H,5,8-11H2,1-4H3,(H,21,22,23). The van der Waals surface area contributed by atoms with Crippen LogP contribution in [0.2, 0.25) is 0 Å². The third-order valence-corrected chi connectivity index (χ3v) is 4.70. The van der Waals surface area contributed by atoms with Crippen molar-refractivity contribution in [2.45, 2.75) is 13.8 Å². The van der Waals surface area contributed by atoms with Crippen LogP contribution in [-0.2, 0) is 0 Å². The van der Waals surface area contributed by atoms with E-state index >= 15 is 0 Å². The average Bonchev–Trinajstić information content (AvgIpc) is 2.72. The van der Waals surface area contributed by atoms with Gasteiger partial charge in [0.2, 0.25) is 0 Å². The predicted octanol–water partition coefficient (Wildman–Crippen LogP) is 2.20. The van der Waals surface area contributed by atoms with E-state index in [2.05, 4.69) is 20.2 Å². The molecule has 8 heteroatoms. The molecule has 0 saturated carbocycles. The third kappa shape index (κ3) is 4.27. The van der Waals surface area contributed by atoms with Gasteiger partial charge in [-0.15, -0.1) is 0 Å². The van der Waals surface area contributed by atoms with E-state index in [0.717, 1.165) is 37.1 Å². The molecule has 0 aliphatic carbocycles. The lowest BCUT2D eigenvalue weighted by atomic mass is 10.1. The zero-order chi connectivity index (χ0) is 20.1. The molecule has 1 aliphatic heterocycles. The van der Waals surface area contributed by atoms with Gasteiger partial charge in [-0.25, -0.2) is 9.97 Å². The van der Waals surface area contributed by atoms with Crippen molar-refractivity contribution >= 4 is 17.5 Å². The summed E-state index contributed by atoms with van der Waals surface area (Å²) in [5.74, 6) is 3.61. The van der Waals surface area contributed by atoms with E-state index in [1.54, 1.807) is 32.4 Å². The second-order valence-electron chi connectivity index (χ2n) is 6.54. The number of carbonyl (C=O) groups excluding carboxylic acids is 1. The smallest absolute Gasteiger partial charge is 0.254 e. The van der Waals surface area contributed by atoms with Gasteiger partial charge in [-0.05, 0) is 32.0 Å². The Balaban J connectivity index is 1.68. The highest BCUT2D eigenvalue weighted by atomic mass is 16.5. The molecule has 1 aromatic carbocycles. The first-order chi connectivity index (χ1) is 13.5. The molecule has 0 unspecified atom stereocenters. The van der Waals surface area contributed by atoms with Crippen LogP contribution in [0.4, 0.5) is 11.6 Å². The number of amides is 1. The predicted molar refractivity (Wildman–Crippen MR) is 109 cm³/mol. The van der Waals surface area contributed by atoms with Gasteiger partial charge in [0, 0.05) is 44.4 Å². The summed E-state index contributed by atoms with van der Waals surface area (Å²) in [7, 11) is 3.14. The highest BCUT2D eigenvalue weighted by molar-refractivity contribution is 5.95. The van der Waals surface area contributed by atoms with Crippen molar-refractivity contribution in [1.29, 1.82) is 0 Å². The van der Waals surface area contributed by atoms with E-state index in [1.807, 2.05) is 24.8 Å². The minimum Gasteiger partial charge on any atom is -0.493 e. The van der Waals surface area contributed by atoms with Gasteiger partial charge in [0.25, 0.3) is 5.91 Å². The van der Waals surface area contributed by atoms with Gasteiger partial charge < -0.3 is 24.6 Å². The number of methoxy groups -OCH3 is 2. The van der Waals surface area contributed by atoms with Gasteiger partial charge in [-0.3, -0.25) is 4.79 Å². The quantitative estimate of drug-likeness (QED) is 0.816. The minimum absolute atomic E-state index is 0.00666. The molecule has 0 atom stereocenters. The van der Waals surface area contributed by atoms with Crippen LogP contribution in [0.3, 0.4) is 0 Å². The summed E-state index contributed by atoms with van der Waals surface area (Å²) >= 11 is 0. The molecule has 2 heterocycles. The maximum Gasteiger partial charge on any atom is 0.254 e. The van der Waals surface area contributed by atoms with Crippen LogP contribution in [-0.4, -0.2) is 67.7 Å². The Hall–Kier alpha value is -3.03. The molecule has 28 heavy (non-hydrogen) atoms. The summed E-state index contributed by atoms with van der Waals surface area (Å²) in [4.78, 5) is 25.9. The molecule has 1 saturated heterocycles. The fourth-order valence-electron chi connectivity index (χ4n) is 3.28. The van der Waals surface area contributed by atoms with Crippen molar-refractivity contribution in [3.05, 3.63) is 35.7 Å². The Morgan fingerprint density at radius 2 is 1.79 bits per heavy atom. The SMILES string of the molecule is CCNc1cc(N2CCN(C(=O)c3ccc(OC)c(OC)c3)CC2)nc(C)n1. The molecule has 0 spiro atoms. The Morgan fingerprint density at radius 3 is 2.43 bits per heavy atom. The topological polar surface area (TPSA) is 79.8 Å². The first-order valence-electron chi connectivity index (χ1n) is 9.41. The zero-order valence-corrected chi connectivity index (χ0v) is 16.9.